The lowest BCUT2D eigenvalue weighted by molar-refractivity contribution is -0.121. The fourth-order valence-electron chi connectivity index (χ4n) is 3.85. The zero-order valence-electron chi connectivity index (χ0n) is 16.1. The van der Waals surface area contributed by atoms with E-state index in [1.54, 1.807) is 23.1 Å². The van der Waals surface area contributed by atoms with Crippen molar-refractivity contribution in [1.82, 2.24) is 4.90 Å². The van der Waals surface area contributed by atoms with Crippen molar-refractivity contribution in [3.63, 3.8) is 0 Å². The molecule has 0 radical (unpaired) electrons. The number of furan rings is 1. The zero-order valence-corrected chi connectivity index (χ0v) is 16.9. The second-order valence-electron chi connectivity index (χ2n) is 7.32. The van der Waals surface area contributed by atoms with Crippen LogP contribution in [0.3, 0.4) is 0 Å². The summed E-state index contributed by atoms with van der Waals surface area (Å²) in [7, 11) is 0. The van der Waals surface area contributed by atoms with Crippen LogP contribution >= 0.6 is 11.6 Å². The van der Waals surface area contributed by atoms with E-state index in [-0.39, 0.29) is 17.7 Å². The topological polar surface area (TPSA) is 75.0 Å². The van der Waals surface area contributed by atoms with Gasteiger partial charge in [0.1, 0.15) is 0 Å². The molecule has 3 heterocycles. The van der Waals surface area contributed by atoms with Gasteiger partial charge in [0.15, 0.2) is 5.76 Å². The summed E-state index contributed by atoms with van der Waals surface area (Å²) in [5.74, 6) is -0.252. The molecule has 0 saturated carbocycles. The normalized spacial score (nSPS) is 19.8. The second-order valence-corrected chi connectivity index (χ2v) is 7.75. The molecule has 8 heteroatoms. The van der Waals surface area contributed by atoms with Gasteiger partial charge in [0.05, 0.1) is 36.8 Å². The lowest BCUT2D eigenvalue weighted by atomic mass is 9.96. The van der Waals surface area contributed by atoms with Gasteiger partial charge in [0.25, 0.3) is 5.91 Å². The maximum Gasteiger partial charge on any atom is 0.289 e. The molecule has 2 aliphatic heterocycles. The van der Waals surface area contributed by atoms with Crippen LogP contribution < -0.4 is 10.2 Å². The van der Waals surface area contributed by atoms with Crippen molar-refractivity contribution < 1.29 is 18.7 Å². The molecule has 2 fully saturated rings. The number of hydrogen-bond donors (Lipinski definition) is 1. The van der Waals surface area contributed by atoms with E-state index in [1.165, 1.54) is 6.26 Å². The van der Waals surface area contributed by atoms with E-state index in [9.17, 15) is 9.59 Å². The summed E-state index contributed by atoms with van der Waals surface area (Å²) in [6.45, 7) is 3.84. The molecule has 2 amide bonds. The molecule has 2 aliphatic rings. The van der Waals surface area contributed by atoms with Gasteiger partial charge in [0, 0.05) is 31.2 Å². The quantitative estimate of drug-likeness (QED) is 0.826. The molecule has 2 saturated heterocycles. The van der Waals surface area contributed by atoms with E-state index in [0.717, 1.165) is 31.6 Å². The summed E-state index contributed by atoms with van der Waals surface area (Å²) < 4.78 is 10.6. The van der Waals surface area contributed by atoms with Crippen LogP contribution in [0.15, 0.2) is 41.0 Å². The van der Waals surface area contributed by atoms with Crippen LogP contribution in [0.2, 0.25) is 5.02 Å². The maximum atomic E-state index is 13.0. The van der Waals surface area contributed by atoms with Gasteiger partial charge in [-0.05, 0) is 43.2 Å². The third-order valence-electron chi connectivity index (χ3n) is 5.38. The Bertz CT molecular complexity index is 865. The molecule has 7 nitrogen and oxygen atoms in total. The van der Waals surface area contributed by atoms with Gasteiger partial charge < -0.3 is 24.3 Å². The molecular formula is C21H24ClN3O4. The van der Waals surface area contributed by atoms with Gasteiger partial charge in [-0.1, -0.05) is 11.6 Å². The van der Waals surface area contributed by atoms with Crippen molar-refractivity contribution in [1.29, 1.82) is 0 Å². The molecule has 0 unspecified atom stereocenters. The summed E-state index contributed by atoms with van der Waals surface area (Å²) in [6.07, 6.45) is 2.99. The number of benzene rings is 1. The van der Waals surface area contributed by atoms with Crippen molar-refractivity contribution in [2.75, 3.05) is 49.6 Å². The summed E-state index contributed by atoms with van der Waals surface area (Å²) in [4.78, 5) is 29.4. The Morgan fingerprint density at radius 2 is 1.97 bits per heavy atom. The minimum absolute atomic E-state index is 0.0984. The smallest absolute Gasteiger partial charge is 0.289 e. The third-order valence-corrected chi connectivity index (χ3v) is 5.61. The third kappa shape index (κ3) is 4.57. The number of hydrogen-bond acceptors (Lipinski definition) is 5. The summed E-state index contributed by atoms with van der Waals surface area (Å²) in [5.41, 5.74) is 1.63. The van der Waals surface area contributed by atoms with E-state index >= 15 is 0 Å². The Balaban J connectivity index is 1.46. The maximum absolute atomic E-state index is 13.0. The first kappa shape index (κ1) is 19.8. The highest BCUT2D eigenvalue weighted by Gasteiger charge is 2.30. The Labute approximate surface area is 174 Å². The monoisotopic (exact) mass is 417 g/mol. The molecule has 1 aromatic heterocycles. The van der Waals surface area contributed by atoms with Crippen molar-refractivity contribution >= 4 is 34.8 Å². The number of halogens is 1. The van der Waals surface area contributed by atoms with Crippen LogP contribution in [0.1, 0.15) is 23.4 Å². The Morgan fingerprint density at radius 3 is 2.72 bits per heavy atom. The Kier molecular flexibility index (Phi) is 6.06. The Morgan fingerprint density at radius 1 is 1.14 bits per heavy atom. The molecule has 4 rings (SSSR count). The molecule has 1 aromatic carbocycles. The van der Waals surface area contributed by atoms with Gasteiger partial charge in [-0.25, -0.2) is 0 Å². The number of nitrogens with one attached hydrogen (secondary N) is 1. The van der Waals surface area contributed by atoms with Crippen LogP contribution in [0, 0.1) is 5.92 Å². The van der Waals surface area contributed by atoms with Crippen molar-refractivity contribution in [2.45, 2.75) is 12.8 Å². The molecule has 0 aliphatic carbocycles. The number of likely N-dealkylation sites (tertiary alicyclic amines) is 1. The van der Waals surface area contributed by atoms with Gasteiger partial charge in [-0.2, -0.15) is 0 Å². The van der Waals surface area contributed by atoms with Gasteiger partial charge in [-0.3, -0.25) is 9.59 Å². The number of rotatable bonds is 4. The molecule has 0 bridgehead atoms. The first-order chi connectivity index (χ1) is 14.1. The lowest BCUT2D eigenvalue weighted by Crippen LogP contribution is -2.44. The molecular weight excluding hydrogens is 394 g/mol. The number of amides is 2. The number of carbonyl (C=O) groups is 2. The minimum Gasteiger partial charge on any atom is -0.459 e. The highest BCUT2D eigenvalue weighted by atomic mass is 35.5. The molecule has 29 heavy (non-hydrogen) atoms. The molecule has 154 valence electrons. The van der Waals surface area contributed by atoms with Gasteiger partial charge >= 0.3 is 0 Å². The van der Waals surface area contributed by atoms with E-state index in [2.05, 4.69) is 10.2 Å². The SMILES string of the molecule is O=C(Nc1cc(Cl)ccc1N1CCOCC1)[C@@H]1CCCN(C(=O)c2ccco2)C1. The molecule has 2 aromatic rings. The van der Waals surface area contributed by atoms with E-state index < -0.39 is 0 Å². The lowest BCUT2D eigenvalue weighted by Gasteiger charge is -2.33. The predicted octanol–water partition coefficient (Wildman–Crippen LogP) is 3.26. The predicted molar refractivity (Wildman–Crippen MR) is 110 cm³/mol. The van der Waals surface area contributed by atoms with E-state index in [4.69, 9.17) is 20.8 Å². The molecule has 0 spiro atoms. The second kappa shape index (κ2) is 8.88. The molecule has 1 N–H and O–H groups in total. The van der Waals surface area contributed by atoms with Gasteiger partial charge in [0.2, 0.25) is 5.91 Å². The van der Waals surface area contributed by atoms with Crippen molar-refractivity contribution in [3.05, 3.63) is 47.4 Å². The van der Waals surface area contributed by atoms with Crippen molar-refractivity contribution in [3.8, 4) is 0 Å². The number of carbonyl (C=O) groups excluding carboxylic acids is 2. The first-order valence-electron chi connectivity index (χ1n) is 9.88. The highest BCUT2D eigenvalue weighted by Crippen LogP contribution is 2.31. The van der Waals surface area contributed by atoms with Crippen molar-refractivity contribution in [2.24, 2.45) is 5.92 Å². The van der Waals surface area contributed by atoms with E-state index in [0.29, 0.717) is 42.8 Å². The summed E-state index contributed by atoms with van der Waals surface area (Å²) >= 11 is 6.19. The average Bonchev–Trinajstić information content (AvgIpc) is 3.29. The Hall–Kier alpha value is -2.51. The average molecular weight is 418 g/mol. The number of piperidine rings is 1. The van der Waals surface area contributed by atoms with Crippen LogP contribution in [0.5, 0.6) is 0 Å². The largest absolute Gasteiger partial charge is 0.459 e. The fraction of sp³-hybridized carbons (Fsp3) is 0.429. The fourth-order valence-corrected chi connectivity index (χ4v) is 4.03. The van der Waals surface area contributed by atoms with Gasteiger partial charge in [-0.15, -0.1) is 0 Å². The van der Waals surface area contributed by atoms with E-state index in [1.807, 2.05) is 12.1 Å². The van der Waals surface area contributed by atoms with Crippen LogP contribution in [-0.2, 0) is 9.53 Å². The molecule has 1 atom stereocenters. The van der Waals surface area contributed by atoms with Crippen LogP contribution in [0.4, 0.5) is 11.4 Å². The first-order valence-corrected chi connectivity index (χ1v) is 10.3. The number of nitrogens with zero attached hydrogens (tertiary/aromatic N) is 2. The number of morpholine rings is 1. The zero-order chi connectivity index (χ0) is 20.2. The summed E-state index contributed by atoms with van der Waals surface area (Å²) in [5, 5.41) is 3.61. The number of ether oxygens (including phenoxy) is 1. The van der Waals surface area contributed by atoms with Crippen LogP contribution in [0.25, 0.3) is 0 Å². The van der Waals surface area contributed by atoms with Crippen LogP contribution in [-0.4, -0.2) is 56.1 Å². The highest BCUT2D eigenvalue weighted by molar-refractivity contribution is 6.31. The summed E-state index contributed by atoms with van der Waals surface area (Å²) in [6, 6.07) is 8.86. The standard InChI is InChI=1S/C21H24ClN3O4/c22-16-5-6-18(24-8-11-28-12-9-24)17(13-16)23-20(26)15-3-1-7-25(14-15)21(27)19-4-2-10-29-19/h2,4-6,10,13,15H,1,3,7-9,11-12,14H2,(H,23,26)/t15-/m1/s1. The number of anilines is 2. The minimum atomic E-state index is -0.279.